The highest BCUT2D eigenvalue weighted by atomic mass is 32.2. The van der Waals surface area contributed by atoms with Crippen molar-refractivity contribution in [1.29, 1.82) is 0 Å². The second kappa shape index (κ2) is 8.58. The number of nitrogens with zero attached hydrogens (tertiary/aromatic N) is 3. The third kappa shape index (κ3) is 4.51. The lowest BCUT2D eigenvalue weighted by atomic mass is 10.1. The molecule has 27 heavy (non-hydrogen) atoms. The van der Waals surface area contributed by atoms with Gasteiger partial charge in [-0.15, -0.1) is 21.5 Å². The number of aromatic nitrogens is 3. The summed E-state index contributed by atoms with van der Waals surface area (Å²) in [5.74, 6) is 1.64. The van der Waals surface area contributed by atoms with Crippen molar-refractivity contribution in [3.8, 4) is 16.5 Å². The lowest BCUT2D eigenvalue weighted by Crippen LogP contribution is -2.30. The molecule has 0 spiro atoms. The molecule has 0 radical (unpaired) electrons. The van der Waals surface area contributed by atoms with Crippen LogP contribution in [0.5, 0.6) is 5.75 Å². The minimum Gasteiger partial charge on any atom is -0.497 e. The van der Waals surface area contributed by atoms with E-state index in [1.165, 1.54) is 11.8 Å². The summed E-state index contributed by atoms with van der Waals surface area (Å²) in [6.07, 6.45) is 0. The third-order valence-corrected chi connectivity index (χ3v) is 6.47. The molecule has 0 aliphatic carbocycles. The van der Waals surface area contributed by atoms with Crippen molar-refractivity contribution in [2.24, 2.45) is 13.0 Å². The molecule has 1 unspecified atom stereocenters. The van der Waals surface area contributed by atoms with Crippen molar-refractivity contribution < 1.29 is 9.53 Å². The van der Waals surface area contributed by atoms with Crippen LogP contribution in [-0.4, -0.2) is 33.0 Å². The second-order valence-electron chi connectivity index (χ2n) is 6.34. The van der Waals surface area contributed by atoms with Gasteiger partial charge >= 0.3 is 0 Å². The highest BCUT2D eigenvalue weighted by Crippen LogP contribution is 2.31. The molecule has 0 saturated heterocycles. The molecule has 0 saturated carbocycles. The number of amides is 1. The first-order valence-corrected chi connectivity index (χ1v) is 10.3. The van der Waals surface area contributed by atoms with Crippen molar-refractivity contribution in [2.45, 2.75) is 24.3 Å². The Bertz CT molecular complexity index is 889. The van der Waals surface area contributed by atoms with Crippen molar-refractivity contribution in [3.63, 3.8) is 0 Å². The zero-order chi connectivity index (χ0) is 19.4. The van der Waals surface area contributed by atoms with Gasteiger partial charge in [0.1, 0.15) is 5.75 Å². The normalized spacial score (nSPS) is 12.2. The Hall–Kier alpha value is -2.32. The summed E-state index contributed by atoms with van der Waals surface area (Å²) >= 11 is 3.05. The third-order valence-electron chi connectivity index (χ3n) is 4.03. The fraction of sp³-hybridized carbons (Fsp3) is 0.316. The lowest BCUT2D eigenvalue weighted by Gasteiger charge is -2.19. The van der Waals surface area contributed by atoms with E-state index in [1.807, 2.05) is 67.2 Å². The summed E-state index contributed by atoms with van der Waals surface area (Å²) in [5, 5.41) is 14.0. The Balaban J connectivity index is 1.74. The minimum absolute atomic E-state index is 0.0548. The van der Waals surface area contributed by atoms with Crippen LogP contribution in [0.15, 0.2) is 46.9 Å². The Morgan fingerprint density at radius 2 is 1.96 bits per heavy atom. The fourth-order valence-electron chi connectivity index (χ4n) is 2.53. The molecule has 0 aliphatic heterocycles. The number of methoxy groups -OCH3 is 1. The van der Waals surface area contributed by atoms with Crippen LogP contribution >= 0.6 is 23.1 Å². The van der Waals surface area contributed by atoms with Gasteiger partial charge in [0.15, 0.2) is 11.0 Å². The van der Waals surface area contributed by atoms with E-state index in [2.05, 4.69) is 15.5 Å². The van der Waals surface area contributed by atoms with Crippen LogP contribution in [0.4, 0.5) is 5.69 Å². The first-order chi connectivity index (χ1) is 13.0. The van der Waals surface area contributed by atoms with Crippen LogP contribution in [0, 0.1) is 5.92 Å². The van der Waals surface area contributed by atoms with Crippen molar-refractivity contribution in [3.05, 3.63) is 41.8 Å². The van der Waals surface area contributed by atoms with Gasteiger partial charge in [-0.25, -0.2) is 0 Å². The van der Waals surface area contributed by atoms with Gasteiger partial charge < -0.3 is 14.6 Å². The smallest absolute Gasteiger partial charge is 0.238 e. The summed E-state index contributed by atoms with van der Waals surface area (Å²) < 4.78 is 7.09. The second-order valence-corrected chi connectivity index (χ2v) is 8.40. The molecule has 1 amide bonds. The fourth-order valence-corrected chi connectivity index (χ4v) is 4.27. The van der Waals surface area contributed by atoms with Crippen LogP contribution < -0.4 is 10.1 Å². The molecule has 1 aromatic carbocycles. The number of thiophene rings is 1. The van der Waals surface area contributed by atoms with E-state index in [4.69, 9.17) is 4.74 Å². The maximum atomic E-state index is 12.8. The van der Waals surface area contributed by atoms with E-state index in [0.717, 1.165) is 27.3 Å². The van der Waals surface area contributed by atoms with E-state index in [0.29, 0.717) is 0 Å². The van der Waals surface area contributed by atoms with Crippen molar-refractivity contribution in [1.82, 2.24) is 14.8 Å². The van der Waals surface area contributed by atoms with Crippen molar-refractivity contribution >= 4 is 34.7 Å². The van der Waals surface area contributed by atoms with E-state index < -0.39 is 0 Å². The minimum atomic E-state index is -0.286. The number of nitrogens with one attached hydrogen (secondary N) is 1. The molecule has 2 aromatic heterocycles. The number of hydrogen-bond donors (Lipinski definition) is 1. The predicted molar refractivity (Wildman–Crippen MR) is 110 cm³/mol. The van der Waals surface area contributed by atoms with E-state index in [9.17, 15) is 4.79 Å². The molecule has 3 rings (SSSR count). The van der Waals surface area contributed by atoms with Gasteiger partial charge in [0.2, 0.25) is 5.91 Å². The molecule has 0 fully saturated rings. The molecule has 1 atom stereocenters. The monoisotopic (exact) mass is 402 g/mol. The number of rotatable bonds is 7. The molecule has 8 heteroatoms. The molecule has 142 valence electrons. The van der Waals surface area contributed by atoms with E-state index >= 15 is 0 Å². The summed E-state index contributed by atoms with van der Waals surface area (Å²) in [7, 11) is 3.54. The van der Waals surface area contributed by atoms with Gasteiger partial charge in [0.25, 0.3) is 0 Å². The summed E-state index contributed by atoms with van der Waals surface area (Å²) in [5.41, 5.74) is 0.740. The highest BCUT2D eigenvalue weighted by molar-refractivity contribution is 8.00. The van der Waals surface area contributed by atoms with Gasteiger partial charge in [-0.2, -0.15) is 0 Å². The number of carbonyl (C=O) groups excluding carboxylic acids is 1. The van der Waals surface area contributed by atoms with Crippen LogP contribution in [0.2, 0.25) is 0 Å². The number of ether oxygens (including phenoxy) is 1. The standard InChI is InChI=1S/C19H22N4O2S2/c1-12(2)16(18(24)20-13-7-9-14(25-4)10-8-13)27-19-22-21-17(23(19)3)15-6-5-11-26-15/h5-12,16H,1-4H3,(H,20,24). The number of benzene rings is 1. The highest BCUT2D eigenvalue weighted by Gasteiger charge is 2.26. The Morgan fingerprint density at radius 1 is 1.22 bits per heavy atom. The van der Waals surface area contributed by atoms with Gasteiger partial charge in [-0.05, 0) is 41.6 Å². The largest absolute Gasteiger partial charge is 0.497 e. The first kappa shape index (κ1) is 19.4. The molecular formula is C19H22N4O2S2. The average Bonchev–Trinajstić information content (AvgIpc) is 3.30. The zero-order valence-corrected chi connectivity index (χ0v) is 17.3. The van der Waals surface area contributed by atoms with Crippen LogP contribution in [0.25, 0.3) is 10.7 Å². The van der Waals surface area contributed by atoms with Gasteiger partial charge in [-0.1, -0.05) is 31.7 Å². The molecule has 0 bridgehead atoms. The van der Waals surface area contributed by atoms with Gasteiger partial charge in [0.05, 0.1) is 17.2 Å². The number of hydrogen-bond acceptors (Lipinski definition) is 6. The molecule has 3 aromatic rings. The number of carbonyl (C=O) groups is 1. The molecule has 1 N–H and O–H groups in total. The summed E-state index contributed by atoms with van der Waals surface area (Å²) in [4.78, 5) is 13.9. The number of thioether (sulfide) groups is 1. The summed E-state index contributed by atoms with van der Waals surface area (Å²) in [6, 6.07) is 11.3. The van der Waals surface area contributed by atoms with Crippen molar-refractivity contribution in [2.75, 3.05) is 12.4 Å². The maximum Gasteiger partial charge on any atom is 0.238 e. The maximum absolute atomic E-state index is 12.8. The van der Waals surface area contributed by atoms with E-state index in [-0.39, 0.29) is 17.1 Å². The predicted octanol–water partition coefficient (Wildman–Crippen LogP) is 4.31. The quantitative estimate of drug-likeness (QED) is 0.597. The van der Waals surface area contributed by atoms with Gasteiger partial charge in [-0.3, -0.25) is 4.79 Å². The Kier molecular flexibility index (Phi) is 6.18. The molecule has 2 heterocycles. The lowest BCUT2D eigenvalue weighted by molar-refractivity contribution is -0.116. The van der Waals surface area contributed by atoms with E-state index in [1.54, 1.807) is 18.4 Å². The zero-order valence-electron chi connectivity index (χ0n) is 15.7. The first-order valence-electron chi connectivity index (χ1n) is 8.54. The molecular weight excluding hydrogens is 380 g/mol. The topological polar surface area (TPSA) is 69.0 Å². The summed E-state index contributed by atoms with van der Waals surface area (Å²) in [6.45, 7) is 4.06. The SMILES string of the molecule is COc1ccc(NC(=O)C(Sc2nnc(-c3cccs3)n2C)C(C)C)cc1. The Labute approximate surface area is 167 Å². The average molecular weight is 403 g/mol. The van der Waals surface area contributed by atoms with Gasteiger partial charge in [0, 0.05) is 12.7 Å². The molecule has 0 aliphatic rings. The van der Waals surface area contributed by atoms with Crippen LogP contribution in [0.3, 0.4) is 0 Å². The molecule has 6 nitrogen and oxygen atoms in total. The van der Waals surface area contributed by atoms with Crippen LogP contribution in [-0.2, 0) is 11.8 Å². The number of anilines is 1. The van der Waals surface area contributed by atoms with Crippen LogP contribution in [0.1, 0.15) is 13.8 Å². The Morgan fingerprint density at radius 3 is 2.56 bits per heavy atom.